The maximum atomic E-state index is 13.0. The molecule has 16 heavy (non-hydrogen) atoms. The summed E-state index contributed by atoms with van der Waals surface area (Å²) in [5.41, 5.74) is 1.39. The van der Waals surface area contributed by atoms with Crippen LogP contribution < -0.4 is 0 Å². The van der Waals surface area contributed by atoms with Gasteiger partial charge in [0.2, 0.25) is 5.95 Å². The molecule has 0 aromatic carbocycles. The molecular formula is C11H10F2N2S. The molecular weight excluding hydrogens is 230 g/mol. The summed E-state index contributed by atoms with van der Waals surface area (Å²) in [6.45, 7) is 3.95. The average Bonchev–Trinajstić information content (AvgIpc) is 2.19. The second kappa shape index (κ2) is 3.90. The van der Waals surface area contributed by atoms with Crippen molar-refractivity contribution in [2.45, 2.75) is 19.8 Å². The lowest BCUT2D eigenvalue weighted by Gasteiger charge is -2.10. The van der Waals surface area contributed by atoms with E-state index in [4.69, 9.17) is 12.2 Å². The van der Waals surface area contributed by atoms with Gasteiger partial charge in [0.1, 0.15) is 10.5 Å². The third-order valence-electron chi connectivity index (χ3n) is 2.39. The largest absolute Gasteiger partial charge is 0.314 e. The van der Waals surface area contributed by atoms with Crippen molar-refractivity contribution in [2.24, 2.45) is 0 Å². The van der Waals surface area contributed by atoms with Crippen molar-refractivity contribution in [2.75, 3.05) is 0 Å². The first-order valence-corrected chi connectivity index (χ1v) is 5.29. The van der Waals surface area contributed by atoms with Gasteiger partial charge >= 0.3 is 0 Å². The van der Waals surface area contributed by atoms with E-state index < -0.39 is 11.8 Å². The van der Waals surface area contributed by atoms with E-state index in [1.807, 2.05) is 13.8 Å². The van der Waals surface area contributed by atoms with Crippen molar-refractivity contribution in [1.29, 1.82) is 0 Å². The van der Waals surface area contributed by atoms with E-state index >= 15 is 0 Å². The minimum absolute atomic E-state index is 0.206. The standard InChI is InChI=1S/C11H10F2N2S/c1-5(2)7-3-6-4-8(12)9(13)14-10(6)15-11(7)16/h3-5H,1-2H3,(H,14,15,16). The minimum Gasteiger partial charge on any atom is -0.314 e. The van der Waals surface area contributed by atoms with Gasteiger partial charge in [0.25, 0.3) is 0 Å². The lowest BCUT2D eigenvalue weighted by Crippen LogP contribution is -2.01. The number of rotatable bonds is 1. The van der Waals surface area contributed by atoms with Crippen LogP contribution >= 0.6 is 12.2 Å². The van der Waals surface area contributed by atoms with Crippen LogP contribution in [0.15, 0.2) is 12.1 Å². The van der Waals surface area contributed by atoms with Crippen LogP contribution in [-0.2, 0) is 0 Å². The molecule has 84 valence electrons. The topological polar surface area (TPSA) is 28.7 Å². The number of hydrogen-bond donors (Lipinski definition) is 1. The number of halogens is 2. The van der Waals surface area contributed by atoms with Gasteiger partial charge in [-0.05, 0) is 23.6 Å². The normalized spacial score (nSPS) is 11.3. The van der Waals surface area contributed by atoms with Gasteiger partial charge in [-0.2, -0.15) is 4.39 Å². The fourth-order valence-electron chi connectivity index (χ4n) is 1.52. The van der Waals surface area contributed by atoms with Crippen molar-refractivity contribution in [1.82, 2.24) is 9.97 Å². The zero-order chi connectivity index (χ0) is 11.9. The predicted octanol–water partition coefficient (Wildman–Crippen LogP) is 3.65. The Hall–Kier alpha value is -1.36. The molecule has 2 rings (SSSR count). The monoisotopic (exact) mass is 240 g/mol. The highest BCUT2D eigenvalue weighted by Gasteiger charge is 2.13. The Bertz CT molecular complexity index is 563. The van der Waals surface area contributed by atoms with E-state index in [0.29, 0.717) is 10.2 Å². The Balaban J connectivity index is 2.76. The number of aromatic amines is 1. The van der Waals surface area contributed by atoms with Gasteiger partial charge in [0, 0.05) is 5.56 Å². The van der Waals surface area contributed by atoms with Crippen LogP contribution in [0.25, 0.3) is 11.4 Å². The third kappa shape index (κ3) is 1.82. The molecule has 0 fully saturated rings. The average molecular weight is 240 g/mol. The second-order valence-corrected chi connectivity index (χ2v) is 4.29. The molecule has 0 aliphatic carbocycles. The van der Waals surface area contributed by atoms with Crippen molar-refractivity contribution in [3.63, 3.8) is 0 Å². The first-order valence-electron chi connectivity index (χ1n) is 4.88. The van der Waals surface area contributed by atoms with Gasteiger partial charge in [-0.1, -0.05) is 26.1 Å². The van der Waals surface area contributed by atoms with E-state index in [2.05, 4.69) is 9.97 Å². The van der Waals surface area contributed by atoms with Gasteiger partial charge in [-0.3, -0.25) is 0 Å². The lowest BCUT2D eigenvalue weighted by atomic mass is 10.0. The number of hydrogen-bond acceptors (Lipinski definition) is 2. The van der Waals surface area contributed by atoms with Crippen LogP contribution in [0.1, 0.15) is 25.3 Å². The summed E-state index contributed by atoms with van der Waals surface area (Å²) in [5.74, 6) is -1.46. The molecule has 0 bridgehead atoms. The Morgan fingerprint density at radius 3 is 2.62 bits per heavy atom. The van der Waals surface area contributed by atoms with Crippen molar-refractivity contribution in [3.05, 3.63) is 34.1 Å². The fraction of sp³-hybridized carbons (Fsp3) is 0.273. The zero-order valence-electron chi connectivity index (χ0n) is 8.84. The van der Waals surface area contributed by atoms with Gasteiger partial charge in [0.15, 0.2) is 5.82 Å². The second-order valence-electron chi connectivity index (χ2n) is 3.91. The number of H-pyrrole nitrogens is 1. The molecule has 0 radical (unpaired) electrons. The van der Waals surface area contributed by atoms with Crippen molar-refractivity contribution < 1.29 is 8.78 Å². The van der Waals surface area contributed by atoms with Gasteiger partial charge in [-0.25, -0.2) is 9.37 Å². The number of nitrogens with one attached hydrogen (secondary N) is 1. The summed E-state index contributed by atoms with van der Waals surface area (Å²) in [6.07, 6.45) is 0. The van der Waals surface area contributed by atoms with Crippen molar-refractivity contribution in [3.8, 4) is 11.4 Å². The number of fused-ring (bicyclic) bond motifs is 1. The van der Waals surface area contributed by atoms with E-state index in [-0.39, 0.29) is 11.7 Å². The smallest absolute Gasteiger partial charge is 0.228 e. The Morgan fingerprint density at radius 1 is 1.31 bits per heavy atom. The molecule has 5 heteroatoms. The fourth-order valence-corrected chi connectivity index (χ4v) is 1.90. The molecule has 1 N–H and O–H groups in total. The molecule has 2 aliphatic heterocycles. The molecule has 2 heterocycles. The van der Waals surface area contributed by atoms with Gasteiger partial charge < -0.3 is 4.98 Å². The SMILES string of the molecule is CC(C)c1cc2cc(F)c(F)[nH]c-2nc1=S. The van der Waals surface area contributed by atoms with Crippen LogP contribution in [0.3, 0.4) is 0 Å². The van der Waals surface area contributed by atoms with Crippen molar-refractivity contribution >= 4 is 12.2 Å². The highest BCUT2D eigenvalue weighted by atomic mass is 32.1. The highest BCUT2D eigenvalue weighted by Crippen LogP contribution is 2.25. The summed E-state index contributed by atoms with van der Waals surface area (Å²) >= 11 is 5.08. The summed E-state index contributed by atoms with van der Waals surface area (Å²) in [5, 5.41) is 0. The van der Waals surface area contributed by atoms with Crippen LogP contribution in [0, 0.1) is 16.4 Å². The Morgan fingerprint density at radius 2 is 2.00 bits per heavy atom. The van der Waals surface area contributed by atoms with Crippen LogP contribution in [-0.4, -0.2) is 9.97 Å². The Labute approximate surface area is 96.7 Å². The molecule has 0 aromatic heterocycles. The number of nitrogens with zero attached hydrogens (tertiary/aromatic N) is 1. The number of pyridine rings is 2. The predicted molar refractivity (Wildman–Crippen MR) is 60.0 cm³/mol. The molecule has 2 aliphatic rings. The van der Waals surface area contributed by atoms with Gasteiger partial charge in [0.05, 0.1) is 0 Å². The molecule has 0 atom stereocenters. The molecule has 0 aromatic rings. The van der Waals surface area contributed by atoms with Crippen LogP contribution in [0.2, 0.25) is 0 Å². The molecule has 0 amide bonds. The first kappa shape index (κ1) is 11.1. The van der Waals surface area contributed by atoms with E-state index in [9.17, 15) is 8.78 Å². The van der Waals surface area contributed by atoms with E-state index in [1.165, 1.54) is 0 Å². The summed E-state index contributed by atoms with van der Waals surface area (Å²) in [4.78, 5) is 6.30. The summed E-state index contributed by atoms with van der Waals surface area (Å²) in [7, 11) is 0. The molecule has 0 saturated carbocycles. The zero-order valence-corrected chi connectivity index (χ0v) is 9.66. The molecule has 2 nitrogen and oxygen atoms in total. The minimum atomic E-state index is -1.02. The summed E-state index contributed by atoms with van der Waals surface area (Å²) < 4.78 is 26.4. The molecule has 0 spiro atoms. The van der Waals surface area contributed by atoms with E-state index in [1.54, 1.807) is 6.07 Å². The van der Waals surface area contributed by atoms with Crippen LogP contribution in [0.4, 0.5) is 8.78 Å². The molecule has 0 saturated heterocycles. The lowest BCUT2D eigenvalue weighted by molar-refractivity contribution is 0.479. The molecule has 0 unspecified atom stereocenters. The maximum absolute atomic E-state index is 13.0. The first-order chi connectivity index (χ1) is 7.49. The summed E-state index contributed by atoms with van der Waals surface area (Å²) in [6, 6.07) is 2.86. The maximum Gasteiger partial charge on any atom is 0.228 e. The quantitative estimate of drug-likeness (QED) is 0.609. The number of aromatic nitrogens is 2. The highest BCUT2D eigenvalue weighted by molar-refractivity contribution is 7.71. The van der Waals surface area contributed by atoms with Gasteiger partial charge in [-0.15, -0.1) is 0 Å². The van der Waals surface area contributed by atoms with Crippen LogP contribution in [0.5, 0.6) is 0 Å². The third-order valence-corrected chi connectivity index (χ3v) is 2.71. The Kier molecular flexibility index (Phi) is 2.71. The van der Waals surface area contributed by atoms with E-state index in [0.717, 1.165) is 11.6 Å².